The molecular formula is C26H34N4O5S. The third kappa shape index (κ3) is 6.43. The van der Waals surface area contributed by atoms with E-state index in [9.17, 15) is 18.0 Å². The van der Waals surface area contributed by atoms with E-state index in [1.54, 1.807) is 7.05 Å². The van der Waals surface area contributed by atoms with Crippen LogP contribution in [0, 0.1) is 5.92 Å². The Morgan fingerprint density at radius 1 is 1.19 bits per heavy atom. The second-order valence-corrected chi connectivity index (χ2v) is 11.3. The van der Waals surface area contributed by atoms with Crippen LogP contribution in [-0.4, -0.2) is 56.0 Å². The Hall–Kier alpha value is -2.95. The number of carbonyl (C=O) groups excluding carboxylic acids is 1. The van der Waals surface area contributed by atoms with E-state index in [0.717, 1.165) is 31.6 Å². The van der Waals surface area contributed by atoms with Gasteiger partial charge < -0.3 is 14.6 Å². The number of oxazole rings is 1. The van der Waals surface area contributed by atoms with Crippen LogP contribution in [0.2, 0.25) is 0 Å². The van der Waals surface area contributed by atoms with E-state index in [1.807, 2.05) is 30.3 Å². The number of carbonyl (C=O) groups is 1. The van der Waals surface area contributed by atoms with Crippen molar-refractivity contribution in [3.8, 4) is 0 Å². The predicted molar refractivity (Wildman–Crippen MR) is 138 cm³/mol. The fourth-order valence-corrected chi connectivity index (χ4v) is 5.91. The van der Waals surface area contributed by atoms with Gasteiger partial charge in [0.2, 0.25) is 15.9 Å². The smallest absolute Gasteiger partial charge is 0.408 e. The Morgan fingerprint density at radius 2 is 1.97 bits per heavy atom. The maximum Gasteiger partial charge on any atom is 0.419 e. The lowest BCUT2D eigenvalue weighted by molar-refractivity contribution is -0.122. The molecule has 0 radical (unpaired) electrons. The molecule has 2 atom stereocenters. The number of fused-ring (bicyclic) bond motifs is 1. The van der Waals surface area contributed by atoms with Gasteiger partial charge in [0, 0.05) is 26.2 Å². The van der Waals surface area contributed by atoms with Gasteiger partial charge >= 0.3 is 5.76 Å². The van der Waals surface area contributed by atoms with Crippen molar-refractivity contribution in [3.63, 3.8) is 0 Å². The van der Waals surface area contributed by atoms with Crippen LogP contribution in [0.5, 0.6) is 0 Å². The van der Waals surface area contributed by atoms with Crippen molar-refractivity contribution >= 4 is 27.0 Å². The number of hydrogen-bond acceptors (Lipinski definition) is 6. The number of rotatable bonds is 10. The molecule has 0 saturated carbocycles. The molecule has 1 amide bonds. The van der Waals surface area contributed by atoms with Crippen LogP contribution in [-0.2, 0) is 28.3 Å². The van der Waals surface area contributed by atoms with Gasteiger partial charge in [0.15, 0.2) is 5.58 Å². The molecule has 0 bridgehead atoms. The third-order valence-corrected chi connectivity index (χ3v) is 8.13. The number of benzene rings is 2. The molecule has 1 aliphatic rings. The maximum absolute atomic E-state index is 13.2. The van der Waals surface area contributed by atoms with Gasteiger partial charge in [-0.15, -0.1) is 0 Å². The van der Waals surface area contributed by atoms with Gasteiger partial charge in [-0.1, -0.05) is 37.3 Å². The van der Waals surface area contributed by atoms with E-state index in [-0.39, 0.29) is 22.8 Å². The summed E-state index contributed by atoms with van der Waals surface area (Å²) >= 11 is 0. The number of sulfonamides is 1. The number of aromatic nitrogens is 1. The summed E-state index contributed by atoms with van der Waals surface area (Å²) in [4.78, 5) is 27.2. The van der Waals surface area contributed by atoms with Gasteiger partial charge in [-0.05, 0) is 62.4 Å². The van der Waals surface area contributed by atoms with Crippen molar-refractivity contribution in [2.24, 2.45) is 13.0 Å². The van der Waals surface area contributed by atoms with Gasteiger partial charge in [0.25, 0.3) is 0 Å². The van der Waals surface area contributed by atoms with Crippen molar-refractivity contribution in [2.45, 2.75) is 43.5 Å². The fourth-order valence-electron chi connectivity index (χ4n) is 4.70. The Balaban J connectivity index is 1.44. The molecule has 9 nitrogen and oxygen atoms in total. The number of nitrogens with zero attached hydrogens (tertiary/aromatic N) is 2. The first-order valence-electron chi connectivity index (χ1n) is 12.4. The summed E-state index contributed by atoms with van der Waals surface area (Å²) in [5.74, 6) is -0.254. The van der Waals surface area contributed by atoms with E-state index in [4.69, 9.17) is 4.42 Å². The fraction of sp³-hybridized carbons (Fsp3) is 0.462. The molecular weight excluding hydrogens is 480 g/mol. The topological polar surface area (TPSA) is 114 Å². The monoisotopic (exact) mass is 514 g/mol. The van der Waals surface area contributed by atoms with Crippen molar-refractivity contribution in [2.75, 3.05) is 26.2 Å². The minimum Gasteiger partial charge on any atom is -0.408 e. The summed E-state index contributed by atoms with van der Waals surface area (Å²) in [5.41, 5.74) is 1.49. The van der Waals surface area contributed by atoms with Crippen LogP contribution < -0.4 is 15.8 Å². The molecule has 0 aliphatic carbocycles. The van der Waals surface area contributed by atoms with Crippen LogP contribution >= 0.6 is 0 Å². The minimum atomic E-state index is -4.06. The second kappa shape index (κ2) is 11.4. The highest BCUT2D eigenvalue weighted by molar-refractivity contribution is 7.89. The first kappa shape index (κ1) is 26.1. The molecule has 2 aromatic carbocycles. The molecule has 10 heteroatoms. The Bertz CT molecular complexity index is 1350. The van der Waals surface area contributed by atoms with E-state index in [1.165, 1.54) is 35.6 Å². The van der Waals surface area contributed by atoms with Crippen molar-refractivity contribution < 1.29 is 17.6 Å². The van der Waals surface area contributed by atoms with Crippen LogP contribution in [0.15, 0.2) is 62.6 Å². The SMILES string of the molecule is C[C@H]1CCCN(CCCNC(=O)[C@H](Cc2ccccc2)NS(=O)(=O)c2ccc3c(c2)oc(=O)n3C)C1. The standard InChI is InChI=1S/C26H34N4O5S/c1-19-8-6-14-30(18-19)15-7-13-27-25(31)22(16-20-9-4-3-5-10-20)28-36(33,34)21-11-12-23-24(17-21)35-26(32)29(23)2/h3-5,9-12,17,19,22,28H,6-8,13-16,18H2,1-2H3,(H,27,31)/t19-,22-/m0/s1. The molecule has 194 valence electrons. The lowest BCUT2D eigenvalue weighted by Crippen LogP contribution is -2.48. The zero-order chi connectivity index (χ0) is 25.7. The summed E-state index contributed by atoms with van der Waals surface area (Å²) in [5, 5.41) is 2.91. The Morgan fingerprint density at radius 3 is 2.72 bits per heavy atom. The highest BCUT2D eigenvalue weighted by Crippen LogP contribution is 2.19. The molecule has 36 heavy (non-hydrogen) atoms. The number of piperidine rings is 1. The lowest BCUT2D eigenvalue weighted by atomic mass is 10.0. The van der Waals surface area contributed by atoms with Gasteiger partial charge in [0.05, 0.1) is 10.4 Å². The molecule has 1 saturated heterocycles. The van der Waals surface area contributed by atoms with Gasteiger partial charge in [-0.2, -0.15) is 4.72 Å². The first-order chi connectivity index (χ1) is 17.2. The summed E-state index contributed by atoms with van der Waals surface area (Å²) < 4.78 is 35.4. The van der Waals surface area contributed by atoms with Crippen molar-refractivity contribution in [3.05, 3.63) is 64.6 Å². The first-order valence-corrected chi connectivity index (χ1v) is 13.9. The molecule has 2 N–H and O–H groups in total. The second-order valence-electron chi connectivity index (χ2n) is 9.61. The molecule has 3 aromatic rings. The molecule has 0 spiro atoms. The van der Waals surface area contributed by atoms with E-state index in [2.05, 4.69) is 21.9 Å². The van der Waals surface area contributed by atoms with Crippen molar-refractivity contribution in [1.29, 1.82) is 0 Å². The van der Waals surface area contributed by atoms with Crippen LogP contribution in [0.3, 0.4) is 0 Å². The lowest BCUT2D eigenvalue weighted by Gasteiger charge is -2.30. The predicted octanol–water partition coefficient (Wildman–Crippen LogP) is 2.26. The maximum atomic E-state index is 13.2. The highest BCUT2D eigenvalue weighted by Gasteiger charge is 2.27. The van der Waals surface area contributed by atoms with Crippen LogP contribution in [0.25, 0.3) is 11.1 Å². The zero-order valence-electron chi connectivity index (χ0n) is 20.8. The average molecular weight is 515 g/mol. The quantitative estimate of drug-likeness (QED) is 0.401. The number of amides is 1. The highest BCUT2D eigenvalue weighted by atomic mass is 32.2. The Kier molecular flexibility index (Phi) is 8.28. The summed E-state index contributed by atoms with van der Waals surface area (Å²) in [6.07, 6.45) is 3.47. The summed E-state index contributed by atoms with van der Waals surface area (Å²) in [6, 6.07) is 12.5. The number of nitrogens with one attached hydrogen (secondary N) is 2. The molecule has 1 aliphatic heterocycles. The summed E-state index contributed by atoms with van der Waals surface area (Å²) in [6.45, 7) is 5.80. The molecule has 2 heterocycles. The number of likely N-dealkylation sites (tertiary alicyclic amines) is 1. The number of aryl methyl sites for hydroxylation is 1. The zero-order valence-corrected chi connectivity index (χ0v) is 21.6. The van der Waals surface area contributed by atoms with Crippen molar-refractivity contribution in [1.82, 2.24) is 19.5 Å². The van der Waals surface area contributed by atoms with E-state index >= 15 is 0 Å². The Labute approximate surface area is 211 Å². The molecule has 4 rings (SSSR count). The van der Waals surface area contributed by atoms with Crippen LogP contribution in [0.1, 0.15) is 31.7 Å². The largest absolute Gasteiger partial charge is 0.419 e. The average Bonchev–Trinajstić information content (AvgIpc) is 3.14. The van der Waals surface area contributed by atoms with Gasteiger partial charge in [-0.3, -0.25) is 9.36 Å². The summed E-state index contributed by atoms with van der Waals surface area (Å²) in [7, 11) is -2.52. The molecule has 1 aromatic heterocycles. The van der Waals surface area contributed by atoms with Gasteiger partial charge in [0.1, 0.15) is 6.04 Å². The van der Waals surface area contributed by atoms with E-state index in [0.29, 0.717) is 18.0 Å². The molecule has 0 unspecified atom stereocenters. The minimum absolute atomic E-state index is 0.0746. The third-order valence-electron chi connectivity index (χ3n) is 6.66. The molecule has 1 fully saturated rings. The normalized spacial score (nSPS) is 17.8. The van der Waals surface area contributed by atoms with E-state index < -0.39 is 21.8 Å². The van der Waals surface area contributed by atoms with Gasteiger partial charge in [-0.25, -0.2) is 13.2 Å². The van der Waals surface area contributed by atoms with Crippen LogP contribution in [0.4, 0.5) is 0 Å². The number of hydrogen-bond donors (Lipinski definition) is 2.